The molecular formula is C30H38N2O3. The van der Waals surface area contributed by atoms with Crippen molar-refractivity contribution >= 4 is 11.8 Å². The first-order chi connectivity index (χ1) is 17.1. The van der Waals surface area contributed by atoms with Gasteiger partial charge in [0.2, 0.25) is 5.91 Å². The molecule has 0 aliphatic carbocycles. The summed E-state index contributed by atoms with van der Waals surface area (Å²) in [6, 6.07) is 21.7. The van der Waals surface area contributed by atoms with E-state index >= 15 is 0 Å². The number of hydrogen-bond acceptors (Lipinski definition) is 3. The van der Waals surface area contributed by atoms with Crippen LogP contribution in [0.4, 0.5) is 0 Å². The predicted molar refractivity (Wildman–Crippen MR) is 140 cm³/mol. The van der Waals surface area contributed by atoms with Crippen LogP contribution in [0, 0.1) is 0 Å². The second-order valence-electron chi connectivity index (χ2n) is 9.01. The number of carbonyl (C=O) groups is 2. The van der Waals surface area contributed by atoms with Crippen molar-refractivity contribution in [2.45, 2.75) is 58.9 Å². The first-order valence-electron chi connectivity index (χ1n) is 12.8. The highest BCUT2D eigenvalue weighted by atomic mass is 16.3. The molecule has 0 aliphatic heterocycles. The minimum Gasteiger partial charge on any atom is -0.467 e. The molecule has 0 aliphatic rings. The van der Waals surface area contributed by atoms with Crippen LogP contribution in [0.5, 0.6) is 0 Å². The van der Waals surface area contributed by atoms with E-state index in [1.807, 2.05) is 61.5 Å². The fourth-order valence-electron chi connectivity index (χ4n) is 4.15. The number of carbonyl (C=O) groups excluding carboxylic acids is 2. The summed E-state index contributed by atoms with van der Waals surface area (Å²) in [6.45, 7) is 5.76. The monoisotopic (exact) mass is 474 g/mol. The van der Waals surface area contributed by atoms with Gasteiger partial charge in [0.1, 0.15) is 12.3 Å². The molecule has 0 bridgehead atoms. The van der Waals surface area contributed by atoms with Crippen LogP contribution in [0.1, 0.15) is 66.8 Å². The number of nitrogens with zero attached hydrogens (tertiary/aromatic N) is 2. The number of rotatable bonds is 14. The van der Waals surface area contributed by atoms with Gasteiger partial charge in [-0.1, -0.05) is 69.2 Å². The Morgan fingerprint density at radius 3 is 2.14 bits per heavy atom. The van der Waals surface area contributed by atoms with Gasteiger partial charge in [0.15, 0.2) is 0 Å². The van der Waals surface area contributed by atoms with E-state index in [4.69, 9.17) is 4.42 Å². The molecule has 2 amide bonds. The molecule has 35 heavy (non-hydrogen) atoms. The highest BCUT2D eigenvalue weighted by molar-refractivity contribution is 5.96. The van der Waals surface area contributed by atoms with Crippen molar-refractivity contribution in [3.05, 3.63) is 95.4 Å². The zero-order valence-electron chi connectivity index (χ0n) is 21.1. The summed E-state index contributed by atoms with van der Waals surface area (Å²) in [7, 11) is 0. The third-order valence-electron chi connectivity index (χ3n) is 6.17. The standard InChI is InChI=1S/C30H38N2O3/c1-3-5-7-11-26-15-17-27(18-16-26)30(34)32(20-4-2)24-29(33)31(23-28-14-10-22-35-28)21-19-25-12-8-6-9-13-25/h6,8-10,12-18,22H,3-5,7,11,19-21,23-24H2,1-2H3. The van der Waals surface area contributed by atoms with Crippen LogP contribution in [0.3, 0.4) is 0 Å². The molecule has 5 nitrogen and oxygen atoms in total. The van der Waals surface area contributed by atoms with Gasteiger partial charge in [-0.15, -0.1) is 0 Å². The number of hydrogen-bond donors (Lipinski definition) is 0. The normalized spacial score (nSPS) is 10.8. The van der Waals surface area contributed by atoms with Gasteiger partial charge in [0.25, 0.3) is 5.91 Å². The van der Waals surface area contributed by atoms with Gasteiger partial charge < -0.3 is 14.2 Å². The largest absolute Gasteiger partial charge is 0.467 e. The Labute approximate surface area is 209 Å². The molecule has 0 radical (unpaired) electrons. The lowest BCUT2D eigenvalue weighted by molar-refractivity contribution is -0.132. The minimum absolute atomic E-state index is 0.0560. The molecule has 3 aromatic rings. The van der Waals surface area contributed by atoms with Crippen LogP contribution in [0.25, 0.3) is 0 Å². The van der Waals surface area contributed by atoms with Crippen molar-refractivity contribution in [2.24, 2.45) is 0 Å². The Hall–Kier alpha value is -3.34. The first kappa shape index (κ1) is 26.3. The van der Waals surface area contributed by atoms with Crippen LogP contribution in [-0.2, 0) is 24.2 Å². The molecule has 0 N–H and O–H groups in total. The molecule has 1 heterocycles. The number of benzene rings is 2. The quantitative estimate of drug-likeness (QED) is 0.264. The number of unbranched alkanes of at least 4 members (excludes halogenated alkanes) is 2. The van der Waals surface area contributed by atoms with Gasteiger partial charge in [-0.3, -0.25) is 9.59 Å². The maximum atomic E-state index is 13.4. The molecular weight excluding hydrogens is 436 g/mol. The van der Waals surface area contributed by atoms with E-state index in [1.54, 1.807) is 16.1 Å². The third kappa shape index (κ3) is 8.43. The fraction of sp³-hybridized carbons (Fsp3) is 0.400. The zero-order valence-corrected chi connectivity index (χ0v) is 21.1. The van der Waals surface area contributed by atoms with Crippen LogP contribution in [-0.4, -0.2) is 41.2 Å². The van der Waals surface area contributed by atoms with E-state index in [-0.39, 0.29) is 18.4 Å². The fourth-order valence-corrected chi connectivity index (χ4v) is 4.15. The van der Waals surface area contributed by atoms with E-state index < -0.39 is 0 Å². The molecule has 1 aromatic heterocycles. The molecule has 2 aromatic carbocycles. The van der Waals surface area contributed by atoms with E-state index in [0.29, 0.717) is 25.2 Å². The van der Waals surface area contributed by atoms with Gasteiger partial charge in [-0.2, -0.15) is 0 Å². The van der Waals surface area contributed by atoms with Crippen molar-refractivity contribution < 1.29 is 14.0 Å². The van der Waals surface area contributed by atoms with E-state index in [1.165, 1.54) is 24.0 Å². The number of aryl methyl sites for hydroxylation is 1. The SMILES string of the molecule is CCCCCc1ccc(C(=O)N(CCC)CC(=O)N(CCc2ccccc2)Cc2ccco2)cc1. The van der Waals surface area contributed by atoms with Crippen molar-refractivity contribution in [3.63, 3.8) is 0 Å². The van der Waals surface area contributed by atoms with Gasteiger partial charge in [0, 0.05) is 18.7 Å². The van der Waals surface area contributed by atoms with Gasteiger partial charge >= 0.3 is 0 Å². The zero-order chi connectivity index (χ0) is 24.9. The Balaban J connectivity index is 1.67. The smallest absolute Gasteiger partial charge is 0.254 e. The molecule has 0 fully saturated rings. The molecule has 0 saturated heterocycles. The van der Waals surface area contributed by atoms with Crippen LogP contribution in [0.15, 0.2) is 77.4 Å². The average Bonchev–Trinajstić information content (AvgIpc) is 3.40. The molecule has 0 saturated carbocycles. The van der Waals surface area contributed by atoms with Crippen LogP contribution in [0.2, 0.25) is 0 Å². The van der Waals surface area contributed by atoms with E-state index in [0.717, 1.165) is 31.4 Å². The third-order valence-corrected chi connectivity index (χ3v) is 6.17. The molecule has 0 atom stereocenters. The minimum atomic E-state index is -0.0960. The Morgan fingerprint density at radius 2 is 1.49 bits per heavy atom. The van der Waals surface area contributed by atoms with Gasteiger partial charge in [-0.25, -0.2) is 0 Å². The summed E-state index contributed by atoms with van der Waals surface area (Å²) in [5, 5.41) is 0. The lowest BCUT2D eigenvalue weighted by Gasteiger charge is -2.27. The summed E-state index contributed by atoms with van der Waals surface area (Å²) in [5.74, 6) is 0.565. The van der Waals surface area contributed by atoms with E-state index in [9.17, 15) is 9.59 Å². The number of furan rings is 1. The second kappa shape index (κ2) is 14.1. The van der Waals surface area contributed by atoms with Crippen molar-refractivity contribution in [1.29, 1.82) is 0 Å². The summed E-state index contributed by atoms with van der Waals surface area (Å²) in [6.07, 6.45) is 7.75. The van der Waals surface area contributed by atoms with Crippen molar-refractivity contribution in [1.82, 2.24) is 9.80 Å². The molecule has 0 spiro atoms. The molecule has 0 unspecified atom stereocenters. The number of amides is 2. The Kier molecular flexibility index (Phi) is 10.6. The summed E-state index contributed by atoms with van der Waals surface area (Å²) >= 11 is 0. The van der Waals surface area contributed by atoms with Crippen molar-refractivity contribution in [3.8, 4) is 0 Å². The first-order valence-corrected chi connectivity index (χ1v) is 12.8. The summed E-state index contributed by atoms with van der Waals surface area (Å²) in [5.41, 5.74) is 3.05. The average molecular weight is 475 g/mol. The molecule has 3 rings (SSSR count). The highest BCUT2D eigenvalue weighted by Gasteiger charge is 2.22. The second-order valence-corrected chi connectivity index (χ2v) is 9.01. The summed E-state index contributed by atoms with van der Waals surface area (Å²) < 4.78 is 5.51. The maximum Gasteiger partial charge on any atom is 0.254 e. The molecule has 5 heteroatoms. The van der Waals surface area contributed by atoms with Gasteiger partial charge in [-0.05, 0) is 61.1 Å². The lowest BCUT2D eigenvalue weighted by atomic mass is 10.0. The predicted octanol–water partition coefficient (Wildman–Crippen LogP) is 6.14. The Morgan fingerprint density at radius 1 is 0.743 bits per heavy atom. The van der Waals surface area contributed by atoms with E-state index in [2.05, 4.69) is 19.1 Å². The maximum absolute atomic E-state index is 13.4. The Bertz CT molecular complexity index is 1010. The van der Waals surface area contributed by atoms with Crippen LogP contribution >= 0.6 is 0 Å². The topological polar surface area (TPSA) is 53.8 Å². The van der Waals surface area contributed by atoms with Gasteiger partial charge in [0.05, 0.1) is 12.8 Å². The molecule has 186 valence electrons. The van der Waals surface area contributed by atoms with Crippen LogP contribution < -0.4 is 0 Å². The highest BCUT2D eigenvalue weighted by Crippen LogP contribution is 2.13. The summed E-state index contributed by atoms with van der Waals surface area (Å²) in [4.78, 5) is 30.2. The lowest BCUT2D eigenvalue weighted by Crippen LogP contribution is -2.43. The van der Waals surface area contributed by atoms with Crippen molar-refractivity contribution in [2.75, 3.05) is 19.6 Å².